The lowest BCUT2D eigenvalue weighted by molar-refractivity contribution is -0.0809. The fourth-order valence-electron chi connectivity index (χ4n) is 6.67. The van der Waals surface area contributed by atoms with Gasteiger partial charge in [0.25, 0.3) is 5.91 Å². The molecule has 3 N–H and O–H groups in total. The van der Waals surface area contributed by atoms with Crippen LogP contribution in [0.1, 0.15) is 34.8 Å². The maximum Gasteiger partial charge on any atom is 0.252 e. The molecule has 3 aromatic carbocycles. The highest BCUT2D eigenvalue weighted by Gasteiger charge is 2.53. The van der Waals surface area contributed by atoms with Crippen molar-refractivity contribution in [2.75, 3.05) is 13.2 Å². The van der Waals surface area contributed by atoms with E-state index in [-0.39, 0.29) is 25.3 Å². The second-order valence-electron chi connectivity index (χ2n) is 9.58. The summed E-state index contributed by atoms with van der Waals surface area (Å²) < 4.78 is 11.0. The summed E-state index contributed by atoms with van der Waals surface area (Å²) in [5, 5.41) is 28.1. The lowest BCUT2D eigenvalue weighted by Crippen LogP contribution is -2.36. The molecule has 1 fully saturated rings. The van der Waals surface area contributed by atoms with Gasteiger partial charge in [-0.1, -0.05) is 36.4 Å². The van der Waals surface area contributed by atoms with E-state index in [1.165, 1.54) is 0 Å². The molecule has 2 unspecified atom stereocenters. The summed E-state index contributed by atoms with van der Waals surface area (Å²) >= 11 is 0. The summed E-state index contributed by atoms with van der Waals surface area (Å²) in [4.78, 5) is 13.2. The number of benzene rings is 3. The zero-order valence-electron chi connectivity index (χ0n) is 17.7. The molecule has 1 amide bonds. The first-order valence-corrected chi connectivity index (χ1v) is 11.3. The monoisotopic (exact) mass is 439 g/mol. The number of carbonyl (C=O) groups is 1. The summed E-state index contributed by atoms with van der Waals surface area (Å²) in [6.45, 7) is 0.122. The van der Waals surface area contributed by atoms with E-state index in [1.54, 1.807) is 0 Å². The number of aromatic nitrogens is 2. The van der Waals surface area contributed by atoms with Gasteiger partial charge in [0.05, 0.1) is 46.3 Å². The van der Waals surface area contributed by atoms with E-state index >= 15 is 0 Å². The average Bonchev–Trinajstić information content (AvgIpc) is 3.55. The second-order valence-corrected chi connectivity index (χ2v) is 9.58. The van der Waals surface area contributed by atoms with Crippen LogP contribution < -0.4 is 5.32 Å². The van der Waals surface area contributed by atoms with E-state index < -0.39 is 11.6 Å². The highest BCUT2D eigenvalue weighted by atomic mass is 16.5. The van der Waals surface area contributed by atoms with Crippen LogP contribution in [0.3, 0.4) is 0 Å². The third kappa shape index (κ3) is 1.85. The first-order chi connectivity index (χ1) is 16.2. The Balaban J connectivity index is 1.73. The summed E-state index contributed by atoms with van der Waals surface area (Å²) in [5.74, 6) is -0.0398. The standard InChI is InChI=1S/C26H21N3O4/c30-11-26(12-31)9-18-28-16-7-3-2-6-14(16)20-21-15(10-27-24(21)32)19-13-5-1-4-8-17(13)29(25(26)33-18)22(19)23(20)28/h1-8,18,25,30-31H,9-12H2,(H,27,32). The van der Waals surface area contributed by atoms with Crippen molar-refractivity contribution in [1.29, 1.82) is 0 Å². The molecule has 2 bridgehead atoms. The minimum atomic E-state index is -0.818. The Morgan fingerprint density at radius 3 is 2.30 bits per heavy atom. The van der Waals surface area contributed by atoms with Crippen molar-refractivity contribution in [3.05, 3.63) is 59.7 Å². The van der Waals surface area contributed by atoms with Crippen molar-refractivity contribution in [2.45, 2.75) is 25.4 Å². The molecule has 8 rings (SSSR count). The lowest BCUT2D eigenvalue weighted by Gasteiger charge is -2.32. The SMILES string of the molecule is O=C1NCc2c1c1c3ccccc3n3c1c1c2c2ccccc2n1C1OC3CC1(CO)CO. The topological polar surface area (TPSA) is 88.7 Å². The number of hydrogen-bond acceptors (Lipinski definition) is 4. The zero-order chi connectivity index (χ0) is 22.1. The van der Waals surface area contributed by atoms with E-state index in [9.17, 15) is 15.0 Å². The van der Waals surface area contributed by atoms with Crippen LogP contribution in [0.25, 0.3) is 43.6 Å². The van der Waals surface area contributed by atoms with Crippen molar-refractivity contribution in [2.24, 2.45) is 5.41 Å². The highest BCUT2D eigenvalue weighted by molar-refractivity contribution is 6.30. The molecule has 7 heteroatoms. The van der Waals surface area contributed by atoms with Crippen LogP contribution in [-0.4, -0.2) is 38.5 Å². The number of nitrogens with one attached hydrogen (secondary N) is 1. The molecule has 0 spiro atoms. The lowest BCUT2D eigenvalue weighted by atomic mass is 9.85. The molecule has 0 radical (unpaired) electrons. The largest absolute Gasteiger partial charge is 0.396 e. The van der Waals surface area contributed by atoms with Gasteiger partial charge in [0.2, 0.25) is 0 Å². The third-order valence-corrected chi connectivity index (χ3v) is 8.10. The van der Waals surface area contributed by atoms with Crippen LogP contribution in [0, 0.1) is 5.41 Å². The number of para-hydroxylation sites is 2. The molecule has 2 atom stereocenters. The van der Waals surface area contributed by atoms with Crippen LogP contribution in [-0.2, 0) is 11.3 Å². The molecule has 5 heterocycles. The Labute approximate surface area is 187 Å². The van der Waals surface area contributed by atoms with Gasteiger partial charge in [-0.2, -0.15) is 0 Å². The van der Waals surface area contributed by atoms with Gasteiger partial charge in [0.1, 0.15) is 12.5 Å². The Hall–Kier alpha value is -3.39. The Morgan fingerprint density at radius 2 is 1.58 bits per heavy atom. The summed E-state index contributed by atoms with van der Waals surface area (Å²) in [5.41, 5.74) is 4.93. The third-order valence-electron chi connectivity index (χ3n) is 8.10. The van der Waals surface area contributed by atoms with Crippen molar-refractivity contribution in [1.82, 2.24) is 14.5 Å². The molecule has 0 aliphatic carbocycles. The molecular weight excluding hydrogens is 418 g/mol. The number of nitrogens with zero attached hydrogens (tertiary/aromatic N) is 2. The van der Waals surface area contributed by atoms with Crippen LogP contribution in [0.4, 0.5) is 0 Å². The normalized spacial score (nSPS) is 22.7. The van der Waals surface area contributed by atoms with Crippen LogP contribution in [0.5, 0.6) is 0 Å². The molecule has 164 valence electrons. The van der Waals surface area contributed by atoms with E-state index in [1.807, 2.05) is 24.3 Å². The molecule has 1 saturated heterocycles. The summed E-state index contributed by atoms with van der Waals surface area (Å²) in [6.07, 6.45) is -0.402. The minimum absolute atomic E-state index is 0.0398. The van der Waals surface area contributed by atoms with Gasteiger partial charge in [0, 0.05) is 34.5 Å². The Morgan fingerprint density at radius 1 is 0.939 bits per heavy atom. The maximum absolute atomic E-state index is 13.2. The maximum atomic E-state index is 13.2. The van der Waals surface area contributed by atoms with Gasteiger partial charge in [-0.15, -0.1) is 0 Å². The quantitative estimate of drug-likeness (QED) is 0.393. The first-order valence-electron chi connectivity index (χ1n) is 11.3. The number of rotatable bonds is 2. The number of aliphatic hydroxyl groups excluding tert-OH is 2. The Kier molecular flexibility index (Phi) is 3.15. The van der Waals surface area contributed by atoms with E-state index in [0.717, 1.165) is 54.7 Å². The number of carbonyl (C=O) groups excluding carboxylic acids is 1. The molecule has 7 nitrogen and oxygen atoms in total. The van der Waals surface area contributed by atoms with Gasteiger partial charge in [-0.25, -0.2) is 0 Å². The van der Waals surface area contributed by atoms with E-state index in [2.05, 4.69) is 38.7 Å². The molecule has 2 aromatic heterocycles. The van der Waals surface area contributed by atoms with Crippen molar-refractivity contribution in [3.8, 4) is 0 Å². The molecule has 33 heavy (non-hydrogen) atoms. The highest BCUT2D eigenvalue weighted by Crippen LogP contribution is 2.57. The predicted octanol–water partition coefficient (Wildman–Crippen LogP) is 3.55. The van der Waals surface area contributed by atoms with E-state index in [4.69, 9.17) is 4.74 Å². The number of amides is 1. The summed E-state index contributed by atoms with van der Waals surface area (Å²) in [6, 6.07) is 16.3. The van der Waals surface area contributed by atoms with Crippen LogP contribution in [0.2, 0.25) is 0 Å². The fourth-order valence-corrected chi connectivity index (χ4v) is 6.67. The van der Waals surface area contributed by atoms with Crippen molar-refractivity contribution >= 4 is 49.5 Å². The number of aliphatic hydroxyl groups is 2. The van der Waals surface area contributed by atoms with Crippen molar-refractivity contribution in [3.63, 3.8) is 0 Å². The molecule has 3 aliphatic rings. The van der Waals surface area contributed by atoms with Gasteiger partial charge < -0.3 is 29.4 Å². The number of ether oxygens (including phenoxy) is 1. The zero-order valence-corrected chi connectivity index (χ0v) is 17.7. The second kappa shape index (κ2) is 5.75. The first kappa shape index (κ1) is 18.1. The van der Waals surface area contributed by atoms with Gasteiger partial charge in [0.15, 0.2) is 0 Å². The van der Waals surface area contributed by atoms with Crippen LogP contribution >= 0.6 is 0 Å². The smallest absolute Gasteiger partial charge is 0.252 e. The number of hydrogen-bond donors (Lipinski definition) is 3. The van der Waals surface area contributed by atoms with E-state index in [0.29, 0.717) is 13.0 Å². The van der Waals surface area contributed by atoms with Gasteiger partial charge in [-0.3, -0.25) is 4.79 Å². The molecule has 3 aliphatic heterocycles. The predicted molar refractivity (Wildman–Crippen MR) is 124 cm³/mol. The van der Waals surface area contributed by atoms with Gasteiger partial charge >= 0.3 is 0 Å². The van der Waals surface area contributed by atoms with Crippen molar-refractivity contribution < 1.29 is 19.7 Å². The number of fused-ring (bicyclic) bond motifs is 13. The molecular formula is C26H21N3O4. The van der Waals surface area contributed by atoms with Gasteiger partial charge in [-0.05, 0) is 17.7 Å². The molecule has 0 saturated carbocycles. The molecule has 5 aromatic rings. The Bertz CT molecular complexity index is 1690. The minimum Gasteiger partial charge on any atom is -0.396 e. The summed E-state index contributed by atoms with van der Waals surface area (Å²) in [7, 11) is 0. The fraction of sp³-hybridized carbons (Fsp3) is 0.269. The van der Waals surface area contributed by atoms with Crippen LogP contribution in [0.15, 0.2) is 48.5 Å². The average molecular weight is 439 g/mol.